The van der Waals surface area contributed by atoms with Gasteiger partial charge in [-0.3, -0.25) is 0 Å². The molecule has 0 saturated heterocycles. The summed E-state index contributed by atoms with van der Waals surface area (Å²) < 4.78 is 2.21. The Hall–Kier alpha value is -0.640. The molecule has 1 rings (SSSR count). The number of unbranched alkanes of at least 4 members (excludes halogenated alkanes) is 1. The molecule has 1 N–H and O–H groups in total. The van der Waals surface area contributed by atoms with Gasteiger partial charge in [0.05, 0.1) is 0 Å². The smallest absolute Gasteiger partial charge is 0.203 e. The van der Waals surface area contributed by atoms with E-state index in [1.807, 2.05) is 18.0 Å². The molecule has 0 aliphatic heterocycles. The van der Waals surface area contributed by atoms with Crippen molar-refractivity contribution in [2.45, 2.75) is 45.7 Å². The minimum Gasteiger partial charge on any atom is -0.352 e. The topological polar surface area (TPSA) is 29.9 Å². The minimum absolute atomic E-state index is 0.526. The van der Waals surface area contributed by atoms with E-state index < -0.39 is 0 Å². The fourth-order valence-electron chi connectivity index (χ4n) is 1.60. The fraction of sp³-hybridized carbons (Fsp3) is 0.750. The summed E-state index contributed by atoms with van der Waals surface area (Å²) in [7, 11) is 0. The largest absolute Gasteiger partial charge is 0.352 e. The van der Waals surface area contributed by atoms with Crippen molar-refractivity contribution >= 4 is 17.7 Å². The van der Waals surface area contributed by atoms with Crippen LogP contribution in [0.4, 0.5) is 5.95 Å². The van der Waals surface area contributed by atoms with Gasteiger partial charge in [-0.2, -0.15) is 11.8 Å². The first-order valence-corrected chi connectivity index (χ1v) is 7.47. The number of hydrogen-bond acceptors (Lipinski definition) is 3. The van der Waals surface area contributed by atoms with E-state index in [0.29, 0.717) is 6.04 Å². The molecule has 0 fully saturated rings. The van der Waals surface area contributed by atoms with Gasteiger partial charge in [-0.05, 0) is 19.1 Å². The summed E-state index contributed by atoms with van der Waals surface area (Å²) in [6.45, 7) is 5.49. The Morgan fingerprint density at radius 3 is 2.94 bits per heavy atom. The monoisotopic (exact) mass is 241 g/mol. The van der Waals surface area contributed by atoms with E-state index in [-0.39, 0.29) is 0 Å². The number of nitrogens with one attached hydrogen (secondary N) is 1. The second-order valence-corrected chi connectivity index (χ2v) is 4.91. The number of anilines is 1. The van der Waals surface area contributed by atoms with E-state index in [9.17, 15) is 0 Å². The maximum atomic E-state index is 4.38. The lowest BCUT2D eigenvalue weighted by atomic mass is 10.3. The molecular weight excluding hydrogens is 218 g/mol. The van der Waals surface area contributed by atoms with Crippen LogP contribution in [0.25, 0.3) is 0 Å². The van der Waals surface area contributed by atoms with Crippen molar-refractivity contribution in [3.8, 4) is 0 Å². The molecule has 0 saturated carbocycles. The van der Waals surface area contributed by atoms with Crippen LogP contribution >= 0.6 is 11.8 Å². The lowest BCUT2D eigenvalue weighted by molar-refractivity contribution is 0.627. The molecule has 3 nitrogen and oxygen atoms in total. The predicted octanol–water partition coefficient (Wildman–Crippen LogP) is 3.24. The average Bonchev–Trinajstić information content (AvgIpc) is 2.73. The summed E-state index contributed by atoms with van der Waals surface area (Å²) >= 11 is 1.88. The molecule has 0 spiro atoms. The number of thioether (sulfide) groups is 1. The molecule has 4 heteroatoms. The standard InChI is InChI=1S/C12H23N3S/c1-4-6-8-15-9-7-13-12(15)14-11(5-2)10-16-3/h7,9,11H,4-6,8,10H2,1-3H3,(H,13,14). The summed E-state index contributed by atoms with van der Waals surface area (Å²) in [5, 5.41) is 3.52. The number of aromatic nitrogens is 2. The first-order chi connectivity index (χ1) is 7.81. The van der Waals surface area contributed by atoms with Crippen LogP contribution in [0.2, 0.25) is 0 Å². The Morgan fingerprint density at radius 1 is 1.50 bits per heavy atom. The zero-order valence-corrected chi connectivity index (χ0v) is 11.4. The molecule has 92 valence electrons. The highest BCUT2D eigenvalue weighted by atomic mass is 32.2. The van der Waals surface area contributed by atoms with Gasteiger partial charge in [0, 0.05) is 30.7 Å². The molecule has 1 aromatic heterocycles. The van der Waals surface area contributed by atoms with E-state index in [1.165, 1.54) is 12.8 Å². The van der Waals surface area contributed by atoms with Crippen molar-refractivity contribution in [2.24, 2.45) is 0 Å². The van der Waals surface area contributed by atoms with Crippen LogP contribution in [0.5, 0.6) is 0 Å². The number of rotatable bonds is 8. The van der Waals surface area contributed by atoms with Crippen molar-refractivity contribution in [1.29, 1.82) is 0 Å². The van der Waals surface area contributed by atoms with E-state index >= 15 is 0 Å². The summed E-state index contributed by atoms with van der Waals surface area (Å²) in [5.41, 5.74) is 0. The van der Waals surface area contributed by atoms with Crippen LogP contribution in [0, 0.1) is 0 Å². The fourth-order valence-corrected chi connectivity index (χ4v) is 2.32. The average molecular weight is 241 g/mol. The van der Waals surface area contributed by atoms with Gasteiger partial charge in [0.2, 0.25) is 5.95 Å². The number of aryl methyl sites for hydroxylation is 1. The number of hydrogen-bond donors (Lipinski definition) is 1. The Bertz CT molecular complexity index is 286. The van der Waals surface area contributed by atoms with Gasteiger partial charge in [-0.15, -0.1) is 0 Å². The molecule has 1 atom stereocenters. The molecule has 0 aliphatic carbocycles. The molecular formula is C12H23N3S. The highest BCUT2D eigenvalue weighted by molar-refractivity contribution is 7.98. The van der Waals surface area contributed by atoms with Crippen LogP contribution in [-0.4, -0.2) is 27.6 Å². The number of nitrogens with zero attached hydrogens (tertiary/aromatic N) is 2. The van der Waals surface area contributed by atoms with Crippen molar-refractivity contribution in [3.05, 3.63) is 12.4 Å². The molecule has 0 aliphatic rings. The third kappa shape index (κ3) is 4.08. The van der Waals surface area contributed by atoms with Crippen LogP contribution in [0.3, 0.4) is 0 Å². The Balaban J connectivity index is 2.54. The van der Waals surface area contributed by atoms with Crippen LogP contribution in [0.15, 0.2) is 12.4 Å². The lowest BCUT2D eigenvalue weighted by Gasteiger charge is -2.17. The second-order valence-electron chi connectivity index (χ2n) is 4.00. The van der Waals surface area contributed by atoms with E-state index in [2.05, 4.69) is 41.2 Å². The van der Waals surface area contributed by atoms with Crippen LogP contribution < -0.4 is 5.32 Å². The SMILES string of the molecule is CCCCn1ccnc1NC(CC)CSC. The quantitative estimate of drug-likeness (QED) is 0.758. The molecule has 1 aromatic rings. The third-order valence-corrected chi connectivity index (χ3v) is 3.40. The van der Waals surface area contributed by atoms with Crippen molar-refractivity contribution in [3.63, 3.8) is 0 Å². The van der Waals surface area contributed by atoms with Gasteiger partial charge < -0.3 is 9.88 Å². The normalized spacial score (nSPS) is 12.7. The zero-order chi connectivity index (χ0) is 11.8. The summed E-state index contributed by atoms with van der Waals surface area (Å²) in [6, 6.07) is 0.526. The van der Waals surface area contributed by atoms with Gasteiger partial charge in [0.15, 0.2) is 0 Å². The molecule has 16 heavy (non-hydrogen) atoms. The van der Waals surface area contributed by atoms with E-state index in [1.54, 1.807) is 0 Å². The van der Waals surface area contributed by atoms with E-state index in [0.717, 1.165) is 24.7 Å². The Labute approximate surface area is 103 Å². The molecule has 0 amide bonds. The predicted molar refractivity (Wildman–Crippen MR) is 73.2 cm³/mol. The summed E-state index contributed by atoms with van der Waals surface area (Å²) in [4.78, 5) is 4.38. The van der Waals surface area contributed by atoms with Crippen LogP contribution in [0.1, 0.15) is 33.1 Å². The highest BCUT2D eigenvalue weighted by Gasteiger charge is 2.08. The van der Waals surface area contributed by atoms with Gasteiger partial charge in [-0.1, -0.05) is 20.3 Å². The summed E-state index contributed by atoms with van der Waals surface area (Å²) in [6.07, 6.45) is 9.66. The maximum Gasteiger partial charge on any atom is 0.203 e. The van der Waals surface area contributed by atoms with Crippen LogP contribution in [-0.2, 0) is 6.54 Å². The Kier molecular flexibility index (Phi) is 6.38. The molecule has 0 bridgehead atoms. The minimum atomic E-state index is 0.526. The van der Waals surface area contributed by atoms with Crippen molar-refractivity contribution in [1.82, 2.24) is 9.55 Å². The maximum absolute atomic E-state index is 4.38. The van der Waals surface area contributed by atoms with Gasteiger partial charge in [-0.25, -0.2) is 4.98 Å². The molecule has 1 unspecified atom stereocenters. The molecule has 0 radical (unpaired) electrons. The first kappa shape index (κ1) is 13.4. The molecule has 0 aromatic carbocycles. The highest BCUT2D eigenvalue weighted by Crippen LogP contribution is 2.11. The summed E-state index contributed by atoms with van der Waals surface area (Å²) in [5.74, 6) is 2.16. The van der Waals surface area contributed by atoms with Crippen molar-refractivity contribution < 1.29 is 0 Å². The van der Waals surface area contributed by atoms with Gasteiger partial charge in [0.25, 0.3) is 0 Å². The molecule has 1 heterocycles. The van der Waals surface area contributed by atoms with Gasteiger partial charge in [0.1, 0.15) is 0 Å². The first-order valence-electron chi connectivity index (χ1n) is 6.08. The Morgan fingerprint density at radius 2 is 2.31 bits per heavy atom. The van der Waals surface area contributed by atoms with Crippen molar-refractivity contribution in [2.75, 3.05) is 17.3 Å². The third-order valence-electron chi connectivity index (χ3n) is 2.66. The van der Waals surface area contributed by atoms with E-state index in [4.69, 9.17) is 0 Å². The second kappa shape index (κ2) is 7.60. The van der Waals surface area contributed by atoms with Gasteiger partial charge >= 0.3 is 0 Å². The lowest BCUT2D eigenvalue weighted by Crippen LogP contribution is -2.23. The zero-order valence-electron chi connectivity index (χ0n) is 10.6. The number of imidazole rings is 1.